The van der Waals surface area contributed by atoms with E-state index in [-0.39, 0.29) is 5.82 Å². The summed E-state index contributed by atoms with van der Waals surface area (Å²) >= 11 is 0. The molecule has 0 aliphatic heterocycles. The summed E-state index contributed by atoms with van der Waals surface area (Å²) in [7, 11) is 5.62. The standard InChI is InChI=1S/C29H27FN8O/c1-38(2)7-6-32-21-9-17(8-20(30)12-21)23-4-5-33-28-24(23)13-26(35-28)27-25-11-19(15-34-29(25)37-36-27)18-10-22(39-3)16-31-14-18/h4-5,8-16,32H,6-7H2,1-3H3,(H,33,35)(H,34,36,37). The zero-order valence-corrected chi connectivity index (χ0v) is 21.8. The lowest BCUT2D eigenvalue weighted by Crippen LogP contribution is -2.20. The third-order valence-corrected chi connectivity index (χ3v) is 6.58. The summed E-state index contributed by atoms with van der Waals surface area (Å²) in [5, 5.41) is 12.6. The minimum atomic E-state index is -0.301. The van der Waals surface area contributed by atoms with Crippen LogP contribution in [0.15, 0.2) is 67.3 Å². The number of anilines is 1. The molecule has 0 aliphatic carbocycles. The lowest BCUT2D eigenvalue weighted by atomic mass is 10.0. The zero-order chi connectivity index (χ0) is 26.9. The fourth-order valence-electron chi connectivity index (χ4n) is 4.63. The molecule has 0 spiro atoms. The van der Waals surface area contributed by atoms with Gasteiger partial charge in [0, 0.05) is 59.3 Å². The molecule has 10 heteroatoms. The van der Waals surface area contributed by atoms with Crippen LogP contribution in [0, 0.1) is 5.82 Å². The number of H-pyrrole nitrogens is 2. The smallest absolute Gasteiger partial charge is 0.155 e. The van der Waals surface area contributed by atoms with Gasteiger partial charge in [0.2, 0.25) is 0 Å². The molecule has 1 aromatic carbocycles. The molecular weight excluding hydrogens is 495 g/mol. The number of aromatic amines is 2. The minimum Gasteiger partial charge on any atom is -0.495 e. The van der Waals surface area contributed by atoms with Gasteiger partial charge in [-0.3, -0.25) is 10.1 Å². The van der Waals surface area contributed by atoms with Gasteiger partial charge in [0.15, 0.2) is 5.65 Å². The van der Waals surface area contributed by atoms with E-state index in [9.17, 15) is 4.39 Å². The first-order valence-corrected chi connectivity index (χ1v) is 12.5. The lowest BCUT2D eigenvalue weighted by Gasteiger charge is -2.13. The first-order valence-electron chi connectivity index (χ1n) is 12.5. The summed E-state index contributed by atoms with van der Waals surface area (Å²) in [5.41, 5.74) is 6.99. The van der Waals surface area contributed by atoms with Crippen molar-refractivity contribution in [2.24, 2.45) is 0 Å². The third-order valence-electron chi connectivity index (χ3n) is 6.58. The number of methoxy groups -OCH3 is 1. The van der Waals surface area contributed by atoms with Gasteiger partial charge in [-0.2, -0.15) is 5.10 Å². The van der Waals surface area contributed by atoms with E-state index in [0.717, 1.165) is 51.0 Å². The van der Waals surface area contributed by atoms with E-state index in [1.54, 1.807) is 38.0 Å². The largest absolute Gasteiger partial charge is 0.495 e. The van der Waals surface area contributed by atoms with Crippen molar-refractivity contribution in [3.8, 4) is 39.4 Å². The lowest BCUT2D eigenvalue weighted by molar-refractivity contribution is 0.413. The van der Waals surface area contributed by atoms with Gasteiger partial charge in [-0.05, 0) is 67.7 Å². The summed E-state index contributed by atoms with van der Waals surface area (Å²) in [6.07, 6.45) is 6.93. The van der Waals surface area contributed by atoms with E-state index in [0.29, 0.717) is 29.3 Å². The Morgan fingerprint density at radius 3 is 2.64 bits per heavy atom. The summed E-state index contributed by atoms with van der Waals surface area (Å²) in [6.45, 7) is 1.55. The summed E-state index contributed by atoms with van der Waals surface area (Å²) < 4.78 is 19.9. The number of rotatable bonds is 8. The number of nitrogens with one attached hydrogen (secondary N) is 3. The highest BCUT2D eigenvalue weighted by Crippen LogP contribution is 2.35. The van der Waals surface area contributed by atoms with Crippen molar-refractivity contribution >= 4 is 27.8 Å². The highest BCUT2D eigenvalue weighted by atomic mass is 19.1. The van der Waals surface area contributed by atoms with E-state index < -0.39 is 0 Å². The van der Waals surface area contributed by atoms with Gasteiger partial charge in [0.1, 0.15) is 22.9 Å². The van der Waals surface area contributed by atoms with Gasteiger partial charge in [0.25, 0.3) is 0 Å². The van der Waals surface area contributed by atoms with E-state index in [1.165, 1.54) is 6.07 Å². The molecule has 196 valence electrons. The summed E-state index contributed by atoms with van der Waals surface area (Å²) in [5.74, 6) is 0.368. The number of hydrogen-bond acceptors (Lipinski definition) is 7. The minimum absolute atomic E-state index is 0.301. The number of hydrogen-bond donors (Lipinski definition) is 3. The highest BCUT2D eigenvalue weighted by Gasteiger charge is 2.16. The molecule has 0 unspecified atom stereocenters. The van der Waals surface area contributed by atoms with Crippen LogP contribution in [-0.4, -0.2) is 69.3 Å². The van der Waals surface area contributed by atoms with Crippen LogP contribution in [0.25, 0.3) is 55.7 Å². The van der Waals surface area contributed by atoms with Crippen LogP contribution >= 0.6 is 0 Å². The number of benzene rings is 1. The molecule has 6 rings (SSSR count). The SMILES string of the molecule is COc1cncc(-c2cnc3[nH]nc(-c4cc5c(-c6cc(F)cc(NCCN(C)C)c6)ccnc5[nH]4)c3c2)c1. The van der Waals surface area contributed by atoms with E-state index >= 15 is 0 Å². The normalized spacial score (nSPS) is 11.5. The molecule has 39 heavy (non-hydrogen) atoms. The Balaban J connectivity index is 1.40. The molecule has 0 bridgehead atoms. The van der Waals surface area contributed by atoms with Gasteiger partial charge >= 0.3 is 0 Å². The van der Waals surface area contributed by atoms with Gasteiger partial charge < -0.3 is 19.9 Å². The van der Waals surface area contributed by atoms with Crippen molar-refractivity contribution in [2.45, 2.75) is 0 Å². The topological polar surface area (TPSA) is 108 Å². The molecule has 0 amide bonds. The number of pyridine rings is 3. The van der Waals surface area contributed by atoms with Crippen LogP contribution in [-0.2, 0) is 0 Å². The van der Waals surface area contributed by atoms with Crippen LogP contribution < -0.4 is 10.1 Å². The van der Waals surface area contributed by atoms with Gasteiger partial charge in [-0.1, -0.05) is 0 Å². The Kier molecular flexibility index (Phi) is 6.37. The predicted molar refractivity (Wildman–Crippen MR) is 151 cm³/mol. The number of aromatic nitrogens is 6. The van der Waals surface area contributed by atoms with Crippen LogP contribution in [0.2, 0.25) is 0 Å². The maximum atomic E-state index is 14.6. The molecule has 0 aliphatic rings. The number of halogens is 1. The number of nitrogens with zero attached hydrogens (tertiary/aromatic N) is 5. The zero-order valence-electron chi connectivity index (χ0n) is 21.8. The van der Waals surface area contributed by atoms with E-state index in [1.807, 2.05) is 44.4 Å². The Bertz CT molecular complexity index is 1790. The number of likely N-dealkylation sites (N-methyl/N-ethyl adjacent to an activating group) is 1. The molecule has 0 saturated carbocycles. The average Bonchev–Trinajstić information content (AvgIpc) is 3.56. The molecule has 3 N–H and O–H groups in total. The fourth-order valence-corrected chi connectivity index (χ4v) is 4.63. The van der Waals surface area contributed by atoms with Gasteiger partial charge in [-0.15, -0.1) is 0 Å². The second-order valence-electron chi connectivity index (χ2n) is 9.57. The Hall–Kier alpha value is -4.83. The molecule has 0 fully saturated rings. The maximum absolute atomic E-state index is 14.6. The molecule has 0 saturated heterocycles. The molecule has 5 aromatic heterocycles. The molecular formula is C29H27FN8O. The molecule has 6 aromatic rings. The fraction of sp³-hybridized carbons (Fsp3) is 0.172. The van der Waals surface area contributed by atoms with E-state index in [2.05, 4.69) is 40.3 Å². The van der Waals surface area contributed by atoms with Crippen LogP contribution in [0.4, 0.5) is 10.1 Å². The third kappa shape index (κ3) is 4.89. The van der Waals surface area contributed by atoms with Crippen molar-refractivity contribution < 1.29 is 9.13 Å². The second kappa shape index (κ2) is 10.1. The monoisotopic (exact) mass is 522 g/mol. The summed E-state index contributed by atoms with van der Waals surface area (Å²) in [6, 6.07) is 12.8. The maximum Gasteiger partial charge on any atom is 0.155 e. The molecule has 0 radical (unpaired) electrons. The van der Waals surface area contributed by atoms with Crippen molar-refractivity contribution in [3.63, 3.8) is 0 Å². The van der Waals surface area contributed by atoms with Crippen molar-refractivity contribution in [1.82, 2.24) is 35.0 Å². The van der Waals surface area contributed by atoms with Crippen molar-refractivity contribution in [3.05, 3.63) is 73.1 Å². The molecule has 0 atom stereocenters. The first kappa shape index (κ1) is 24.5. The average molecular weight is 523 g/mol. The van der Waals surface area contributed by atoms with Crippen molar-refractivity contribution in [1.29, 1.82) is 0 Å². The summed E-state index contributed by atoms with van der Waals surface area (Å²) in [4.78, 5) is 18.8. The quantitative estimate of drug-likeness (QED) is 0.247. The first-order chi connectivity index (χ1) is 19.0. The number of fused-ring (bicyclic) bond motifs is 2. The van der Waals surface area contributed by atoms with Crippen molar-refractivity contribution in [2.75, 3.05) is 39.6 Å². The Morgan fingerprint density at radius 1 is 0.923 bits per heavy atom. The molecule has 5 heterocycles. The highest BCUT2D eigenvalue weighted by molar-refractivity contribution is 6.00. The van der Waals surface area contributed by atoms with Gasteiger partial charge in [0.05, 0.1) is 19.0 Å². The second-order valence-corrected chi connectivity index (χ2v) is 9.57. The van der Waals surface area contributed by atoms with Crippen LogP contribution in [0.5, 0.6) is 5.75 Å². The Labute approximate surface area is 224 Å². The predicted octanol–water partition coefficient (Wildman–Crippen LogP) is 5.35. The van der Waals surface area contributed by atoms with E-state index in [4.69, 9.17) is 4.74 Å². The van der Waals surface area contributed by atoms with Gasteiger partial charge in [-0.25, -0.2) is 14.4 Å². The van der Waals surface area contributed by atoms with Crippen LogP contribution in [0.3, 0.4) is 0 Å². The number of ether oxygens (including phenoxy) is 1. The van der Waals surface area contributed by atoms with Crippen LogP contribution in [0.1, 0.15) is 0 Å². The Morgan fingerprint density at radius 2 is 1.79 bits per heavy atom. The molecule has 9 nitrogen and oxygen atoms in total.